The highest BCUT2D eigenvalue weighted by molar-refractivity contribution is 5.92. The fourth-order valence-corrected chi connectivity index (χ4v) is 4.64. The molecule has 0 bridgehead atoms. The summed E-state index contributed by atoms with van der Waals surface area (Å²) in [5.74, 6) is 0.440. The van der Waals surface area contributed by atoms with Crippen LogP contribution in [0.4, 0.5) is 5.69 Å². The van der Waals surface area contributed by atoms with Crippen molar-refractivity contribution in [3.63, 3.8) is 0 Å². The van der Waals surface area contributed by atoms with Gasteiger partial charge in [0, 0.05) is 30.6 Å². The van der Waals surface area contributed by atoms with Crippen molar-refractivity contribution in [3.8, 4) is 11.5 Å². The third-order valence-corrected chi connectivity index (χ3v) is 6.96. The second-order valence-electron chi connectivity index (χ2n) is 9.62. The first kappa shape index (κ1) is 23.3. The van der Waals surface area contributed by atoms with E-state index in [-0.39, 0.29) is 30.7 Å². The first-order valence-electron chi connectivity index (χ1n) is 11.9. The van der Waals surface area contributed by atoms with Crippen molar-refractivity contribution >= 4 is 27.6 Å². The number of nitrogens with one attached hydrogen (secondary N) is 1. The molecule has 5 rings (SSSR count). The van der Waals surface area contributed by atoms with Crippen LogP contribution < -0.4 is 15.4 Å². The van der Waals surface area contributed by atoms with E-state index in [1.807, 2.05) is 24.3 Å². The third kappa shape index (κ3) is 4.38. The van der Waals surface area contributed by atoms with Crippen LogP contribution in [0, 0.1) is 5.41 Å². The molecule has 6 N–H and O–H groups in total. The number of aromatic nitrogens is 3. The van der Waals surface area contributed by atoms with Gasteiger partial charge in [0.15, 0.2) is 6.10 Å². The summed E-state index contributed by atoms with van der Waals surface area (Å²) in [7, 11) is 0. The van der Waals surface area contributed by atoms with E-state index in [2.05, 4.69) is 14.9 Å². The van der Waals surface area contributed by atoms with E-state index in [0.717, 1.165) is 53.6 Å². The molecule has 1 aliphatic heterocycles. The molecular formula is C26H31N5O4. The number of fused-ring (bicyclic) bond motifs is 2. The van der Waals surface area contributed by atoms with Gasteiger partial charge >= 0.3 is 0 Å². The predicted octanol–water partition coefficient (Wildman–Crippen LogP) is 2.86. The van der Waals surface area contributed by atoms with Crippen molar-refractivity contribution in [2.24, 2.45) is 11.1 Å². The minimum atomic E-state index is -1.12. The molecule has 1 unspecified atom stereocenters. The lowest BCUT2D eigenvalue weighted by molar-refractivity contribution is -0.0316. The average Bonchev–Trinajstić information content (AvgIpc) is 3.35. The number of hydrogen-bond acceptors (Lipinski definition) is 8. The fraction of sp³-hybridized carbons (Fsp3) is 0.385. The number of aromatic amines is 1. The molecule has 9 heteroatoms. The molecule has 1 aliphatic rings. The summed E-state index contributed by atoms with van der Waals surface area (Å²) in [6.07, 6.45) is 2.47. The minimum absolute atomic E-state index is 0.0592. The largest absolute Gasteiger partial charge is 0.506 e. The molecule has 2 aromatic carbocycles. The number of benzene rings is 2. The van der Waals surface area contributed by atoms with Crippen molar-refractivity contribution in [1.29, 1.82) is 0 Å². The summed E-state index contributed by atoms with van der Waals surface area (Å²) in [5.41, 5.74) is 8.52. The first-order chi connectivity index (χ1) is 16.9. The number of rotatable bonds is 7. The number of nitrogens with zero attached hydrogens (tertiary/aromatic N) is 3. The quantitative estimate of drug-likeness (QED) is 0.274. The monoisotopic (exact) mass is 477 g/mol. The standard InChI is InChI=1S/C26H31N5O4/c1-26(13-32,14-33)25(35-18-5-6-19-20(12-18)29-15-28-19)24-22(34)11-16-3-2-4-21(23(16)30-24)31-9-7-17(27)8-10-31/h2-6,11-12,15,17,25,32-34H,7-10,13-14,27H2,1H3,(H,28,29). The zero-order valence-electron chi connectivity index (χ0n) is 19.7. The summed E-state index contributed by atoms with van der Waals surface area (Å²) in [4.78, 5) is 14.4. The molecular weight excluding hydrogens is 446 g/mol. The van der Waals surface area contributed by atoms with Crippen LogP contribution in [-0.2, 0) is 0 Å². The van der Waals surface area contributed by atoms with Gasteiger partial charge in [-0.1, -0.05) is 19.1 Å². The Labute approximate surface area is 203 Å². The number of pyridine rings is 1. The molecule has 0 radical (unpaired) electrons. The first-order valence-corrected chi connectivity index (χ1v) is 11.9. The number of ether oxygens (including phenoxy) is 1. The zero-order valence-corrected chi connectivity index (χ0v) is 19.7. The highest BCUT2D eigenvalue weighted by atomic mass is 16.5. The van der Waals surface area contributed by atoms with Gasteiger partial charge in [0.05, 0.1) is 47.2 Å². The van der Waals surface area contributed by atoms with E-state index < -0.39 is 11.5 Å². The van der Waals surface area contributed by atoms with Crippen molar-refractivity contribution in [2.45, 2.75) is 31.9 Å². The van der Waals surface area contributed by atoms with Gasteiger partial charge in [-0.3, -0.25) is 0 Å². The second-order valence-corrected chi connectivity index (χ2v) is 9.62. The number of aliphatic hydroxyl groups is 2. The van der Waals surface area contributed by atoms with Gasteiger partial charge < -0.3 is 35.7 Å². The molecule has 1 fully saturated rings. The Morgan fingerprint density at radius 1 is 1.17 bits per heavy atom. The van der Waals surface area contributed by atoms with Crippen LogP contribution in [0.5, 0.6) is 11.5 Å². The Kier molecular flexibility index (Phi) is 6.22. The van der Waals surface area contributed by atoms with Crippen LogP contribution in [-0.4, -0.2) is 62.6 Å². The smallest absolute Gasteiger partial charge is 0.154 e. The van der Waals surface area contributed by atoms with Crippen LogP contribution in [0.15, 0.2) is 48.8 Å². The average molecular weight is 478 g/mol. The summed E-state index contributed by atoms with van der Waals surface area (Å²) >= 11 is 0. The minimum Gasteiger partial charge on any atom is -0.506 e. The van der Waals surface area contributed by atoms with Gasteiger partial charge in [0.25, 0.3) is 0 Å². The van der Waals surface area contributed by atoms with Crippen LogP contribution in [0.3, 0.4) is 0 Å². The number of nitrogens with two attached hydrogens (primary N) is 1. The molecule has 35 heavy (non-hydrogen) atoms. The van der Waals surface area contributed by atoms with E-state index in [1.165, 1.54) is 0 Å². The van der Waals surface area contributed by atoms with E-state index in [9.17, 15) is 15.3 Å². The number of H-pyrrole nitrogens is 1. The van der Waals surface area contributed by atoms with E-state index >= 15 is 0 Å². The molecule has 0 amide bonds. The summed E-state index contributed by atoms with van der Waals surface area (Å²) in [6, 6.07) is 13.1. The van der Waals surface area contributed by atoms with Crippen molar-refractivity contribution < 1.29 is 20.1 Å². The SMILES string of the molecule is CC(CO)(CO)C(Oc1ccc2nc[nH]c2c1)c1nc2c(N3CCC(N)CC3)cccc2cc1O. The number of aliphatic hydroxyl groups excluding tert-OH is 2. The van der Waals surface area contributed by atoms with Gasteiger partial charge in [-0.05, 0) is 37.1 Å². The molecule has 0 aliphatic carbocycles. The second kappa shape index (κ2) is 9.33. The van der Waals surface area contributed by atoms with Gasteiger partial charge in [-0.25, -0.2) is 9.97 Å². The van der Waals surface area contributed by atoms with Crippen LogP contribution >= 0.6 is 0 Å². The van der Waals surface area contributed by atoms with Crippen LogP contribution in [0.2, 0.25) is 0 Å². The number of piperidine rings is 1. The van der Waals surface area contributed by atoms with Gasteiger partial charge in [-0.2, -0.15) is 0 Å². The van der Waals surface area contributed by atoms with Crippen molar-refractivity contribution in [2.75, 3.05) is 31.2 Å². The summed E-state index contributed by atoms with van der Waals surface area (Å²) in [6.45, 7) is 2.62. The molecule has 3 heterocycles. The van der Waals surface area contributed by atoms with Gasteiger partial charge in [-0.15, -0.1) is 0 Å². The Bertz CT molecular complexity index is 1330. The highest BCUT2D eigenvalue weighted by Gasteiger charge is 2.40. The van der Waals surface area contributed by atoms with Gasteiger partial charge in [0.2, 0.25) is 0 Å². The molecule has 9 nitrogen and oxygen atoms in total. The topological polar surface area (TPSA) is 141 Å². The summed E-state index contributed by atoms with van der Waals surface area (Å²) < 4.78 is 6.33. The number of para-hydroxylation sites is 1. The van der Waals surface area contributed by atoms with E-state index in [4.69, 9.17) is 15.5 Å². The Morgan fingerprint density at radius 3 is 2.69 bits per heavy atom. The molecule has 1 atom stereocenters. The fourth-order valence-electron chi connectivity index (χ4n) is 4.64. The number of hydrogen-bond donors (Lipinski definition) is 5. The third-order valence-electron chi connectivity index (χ3n) is 6.96. The lowest BCUT2D eigenvalue weighted by Gasteiger charge is -2.35. The van der Waals surface area contributed by atoms with E-state index in [0.29, 0.717) is 5.75 Å². The number of anilines is 1. The summed E-state index contributed by atoms with van der Waals surface area (Å²) in [5, 5.41) is 32.3. The number of imidazole rings is 1. The maximum atomic E-state index is 11.0. The number of aromatic hydroxyl groups is 1. The molecule has 0 spiro atoms. The Balaban J connectivity index is 1.61. The Hall–Kier alpha value is -3.40. The molecule has 2 aromatic heterocycles. The highest BCUT2D eigenvalue weighted by Crippen LogP contribution is 2.42. The normalized spacial score (nSPS) is 16.2. The lowest BCUT2D eigenvalue weighted by atomic mass is 9.83. The maximum absolute atomic E-state index is 11.0. The molecule has 4 aromatic rings. The molecule has 184 valence electrons. The Morgan fingerprint density at radius 2 is 1.94 bits per heavy atom. The zero-order chi connectivity index (χ0) is 24.6. The maximum Gasteiger partial charge on any atom is 0.154 e. The van der Waals surface area contributed by atoms with Crippen molar-refractivity contribution in [3.05, 3.63) is 54.5 Å². The predicted molar refractivity (Wildman–Crippen MR) is 135 cm³/mol. The lowest BCUT2D eigenvalue weighted by Crippen LogP contribution is -2.40. The van der Waals surface area contributed by atoms with Gasteiger partial charge in [0.1, 0.15) is 17.2 Å². The van der Waals surface area contributed by atoms with Crippen LogP contribution in [0.25, 0.3) is 21.9 Å². The van der Waals surface area contributed by atoms with E-state index in [1.54, 1.807) is 31.5 Å². The van der Waals surface area contributed by atoms with Crippen LogP contribution in [0.1, 0.15) is 31.6 Å². The molecule has 1 saturated heterocycles. The van der Waals surface area contributed by atoms with Crippen molar-refractivity contribution in [1.82, 2.24) is 15.0 Å². The molecule has 0 saturated carbocycles.